The molecule has 8 heteroatoms. The molecule has 2 aromatic heterocycles. The quantitative estimate of drug-likeness (QED) is 0.768. The third-order valence-corrected chi connectivity index (χ3v) is 4.65. The minimum absolute atomic E-state index is 0.457. The summed E-state index contributed by atoms with van der Waals surface area (Å²) in [5.41, 5.74) is 3.79. The molecule has 7 nitrogen and oxygen atoms in total. The van der Waals surface area contributed by atoms with E-state index in [1.165, 1.54) is 17.7 Å². The Balaban J connectivity index is 1.75. The van der Waals surface area contributed by atoms with Crippen LogP contribution in [0.3, 0.4) is 0 Å². The van der Waals surface area contributed by atoms with Crippen molar-refractivity contribution in [2.75, 3.05) is 19.5 Å². The van der Waals surface area contributed by atoms with Gasteiger partial charge in [-0.2, -0.15) is 0 Å². The highest BCUT2D eigenvalue weighted by Gasteiger charge is 2.16. The van der Waals surface area contributed by atoms with Gasteiger partial charge < -0.3 is 14.8 Å². The fraction of sp³-hybridized carbons (Fsp3) is 0.250. The molecule has 122 valence electrons. The first-order chi connectivity index (χ1) is 11.8. The van der Waals surface area contributed by atoms with Gasteiger partial charge in [-0.25, -0.2) is 15.0 Å². The summed E-state index contributed by atoms with van der Waals surface area (Å²) in [6, 6.07) is 4.02. The smallest absolute Gasteiger partial charge is 0.161 e. The molecule has 0 fully saturated rings. The zero-order valence-corrected chi connectivity index (χ0v) is 14.1. The molecule has 4 rings (SSSR count). The number of hydrogen-bond donors (Lipinski definition) is 1. The van der Waals surface area contributed by atoms with Gasteiger partial charge in [0.1, 0.15) is 27.4 Å². The molecule has 3 heterocycles. The van der Waals surface area contributed by atoms with E-state index in [0.717, 1.165) is 37.9 Å². The van der Waals surface area contributed by atoms with Crippen molar-refractivity contribution in [1.29, 1.82) is 0 Å². The Kier molecular flexibility index (Phi) is 3.83. The van der Waals surface area contributed by atoms with Gasteiger partial charge in [-0.3, -0.25) is 4.99 Å². The van der Waals surface area contributed by atoms with Crippen molar-refractivity contribution in [2.24, 2.45) is 4.99 Å². The van der Waals surface area contributed by atoms with Gasteiger partial charge in [0.05, 0.1) is 25.9 Å². The van der Waals surface area contributed by atoms with Crippen LogP contribution in [0.1, 0.15) is 16.1 Å². The van der Waals surface area contributed by atoms with Gasteiger partial charge in [-0.05, 0) is 23.3 Å². The van der Waals surface area contributed by atoms with E-state index in [1.54, 1.807) is 14.2 Å². The predicted octanol–water partition coefficient (Wildman–Crippen LogP) is 2.92. The third-order valence-electron chi connectivity index (χ3n) is 3.71. The number of fused-ring (bicyclic) bond motifs is 2. The van der Waals surface area contributed by atoms with Crippen molar-refractivity contribution in [3.05, 3.63) is 34.6 Å². The molecule has 0 saturated heterocycles. The highest BCUT2D eigenvalue weighted by atomic mass is 32.1. The normalized spacial score (nSPS) is 12.6. The van der Waals surface area contributed by atoms with Crippen LogP contribution in [0, 0.1) is 0 Å². The molecule has 0 aliphatic carbocycles. The molecule has 3 aromatic rings. The Morgan fingerprint density at radius 1 is 1.25 bits per heavy atom. The summed E-state index contributed by atoms with van der Waals surface area (Å²) in [5, 5.41) is 4.18. The lowest BCUT2D eigenvalue weighted by Crippen LogP contribution is -2.00. The zero-order chi connectivity index (χ0) is 16.5. The minimum atomic E-state index is 0.457. The topological polar surface area (TPSA) is 81.5 Å². The van der Waals surface area contributed by atoms with E-state index in [0.29, 0.717) is 19.0 Å². The first-order valence-corrected chi connectivity index (χ1v) is 8.17. The van der Waals surface area contributed by atoms with Crippen molar-refractivity contribution in [3.63, 3.8) is 0 Å². The number of methoxy groups -OCH3 is 2. The third kappa shape index (κ3) is 2.59. The minimum Gasteiger partial charge on any atom is -0.495 e. The number of aliphatic imine (C=N–C) groups is 1. The summed E-state index contributed by atoms with van der Waals surface area (Å²) in [6.45, 7) is 1.15. The maximum atomic E-state index is 5.50. The second-order valence-electron chi connectivity index (χ2n) is 5.26. The number of benzene rings is 1. The Hall–Kier alpha value is -2.58. The van der Waals surface area contributed by atoms with Crippen molar-refractivity contribution < 1.29 is 9.47 Å². The highest BCUT2D eigenvalue weighted by Crippen LogP contribution is 2.34. The van der Waals surface area contributed by atoms with Crippen molar-refractivity contribution in [2.45, 2.75) is 13.2 Å². The van der Waals surface area contributed by atoms with E-state index in [1.807, 2.05) is 18.3 Å². The average Bonchev–Trinajstić information content (AvgIpc) is 3.20. The number of aromatic nitrogens is 3. The summed E-state index contributed by atoms with van der Waals surface area (Å²) in [7, 11) is 3.30. The number of rotatable bonds is 5. The van der Waals surface area contributed by atoms with Crippen LogP contribution >= 0.6 is 11.3 Å². The van der Waals surface area contributed by atoms with E-state index in [4.69, 9.17) is 9.47 Å². The zero-order valence-electron chi connectivity index (χ0n) is 13.2. The van der Waals surface area contributed by atoms with Crippen LogP contribution in [0.4, 0.5) is 11.5 Å². The lowest BCUT2D eigenvalue weighted by Gasteiger charge is -2.12. The number of ether oxygens (including phenoxy) is 2. The van der Waals surface area contributed by atoms with Gasteiger partial charge >= 0.3 is 0 Å². The van der Waals surface area contributed by atoms with E-state index in [2.05, 4.69) is 25.3 Å². The van der Waals surface area contributed by atoms with Crippen LogP contribution in [-0.4, -0.2) is 35.4 Å². The summed E-state index contributed by atoms with van der Waals surface area (Å²) in [5.74, 6) is 1.39. The van der Waals surface area contributed by atoms with E-state index in [-0.39, 0.29) is 0 Å². The van der Waals surface area contributed by atoms with Gasteiger partial charge in [0.15, 0.2) is 5.82 Å². The molecule has 0 radical (unpaired) electrons. The lowest BCUT2D eigenvalue weighted by molar-refractivity contribution is 0.185. The predicted molar refractivity (Wildman–Crippen MR) is 93.5 cm³/mol. The van der Waals surface area contributed by atoms with Crippen LogP contribution in [0.2, 0.25) is 0 Å². The summed E-state index contributed by atoms with van der Waals surface area (Å²) >= 11 is 1.50. The Labute approximate surface area is 142 Å². The second kappa shape index (κ2) is 6.14. The Morgan fingerprint density at radius 3 is 3.00 bits per heavy atom. The fourth-order valence-corrected chi connectivity index (χ4v) is 3.48. The van der Waals surface area contributed by atoms with Crippen molar-refractivity contribution >= 4 is 39.4 Å². The fourth-order valence-electron chi connectivity index (χ4n) is 2.61. The second-order valence-corrected chi connectivity index (χ2v) is 6.32. The Bertz CT molecular complexity index is 938. The number of nitrogens with zero attached hydrogens (tertiary/aromatic N) is 4. The molecular formula is C16H15N5O2S. The van der Waals surface area contributed by atoms with Gasteiger partial charge in [0.2, 0.25) is 0 Å². The van der Waals surface area contributed by atoms with Crippen LogP contribution in [0.5, 0.6) is 5.75 Å². The summed E-state index contributed by atoms with van der Waals surface area (Å²) in [6.07, 6.45) is 3.40. The monoisotopic (exact) mass is 341 g/mol. The average molecular weight is 341 g/mol. The maximum absolute atomic E-state index is 5.50. The molecule has 0 atom stereocenters. The standard InChI is InChI=1S/C16H15N5O2S/c1-22-7-13-21-14-15(18-8-19-16(14)24-13)20-11-3-9-5-17-6-10(9)4-12(11)23-2/h3-5,8H,6-7H2,1-2H3,(H,18,19,20). The van der Waals surface area contributed by atoms with E-state index in [9.17, 15) is 0 Å². The first-order valence-electron chi connectivity index (χ1n) is 7.35. The molecule has 0 saturated carbocycles. The number of thiazole rings is 1. The number of anilines is 2. The molecule has 0 amide bonds. The SMILES string of the molecule is COCc1nc2c(Nc3cc4c(cc3OC)CN=C4)ncnc2s1. The van der Waals surface area contributed by atoms with Gasteiger partial charge in [-0.15, -0.1) is 0 Å². The van der Waals surface area contributed by atoms with Crippen LogP contribution in [0.25, 0.3) is 10.3 Å². The molecule has 0 spiro atoms. The van der Waals surface area contributed by atoms with Crippen LogP contribution < -0.4 is 10.1 Å². The van der Waals surface area contributed by atoms with Crippen molar-refractivity contribution in [3.8, 4) is 5.75 Å². The molecule has 0 bridgehead atoms. The lowest BCUT2D eigenvalue weighted by atomic mass is 10.1. The summed E-state index contributed by atoms with van der Waals surface area (Å²) in [4.78, 5) is 18.3. The highest BCUT2D eigenvalue weighted by molar-refractivity contribution is 7.18. The number of nitrogens with one attached hydrogen (secondary N) is 1. The summed E-state index contributed by atoms with van der Waals surface area (Å²) < 4.78 is 10.6. The van der Waals surface area contributed by atoms with Crippen molar-refractivity contribution in [1.82, 2.24) is 15.0 Å². The largest absolute Gasteiger partial charge is 0.495 e. The van der Waals surface area contributed by atoms with Crippen LogP contribution in [0.15, 0.2) is 23.5 Å². The molecule has 1 aliphatic heterocycles. The van der Waals surface area contributed by atoms with E-state index >= 15 is 0 Å². The maximum Gasteiger partial charge on any atom is 0.161 e. The molecule has 1 N–H and O–H groups in total. The molecule has 1 aliphatic rings. The molecular weight excluding hydrogens is 326 g/mol. The van der Waals surface area contributed by atoms with Gasteiger partial charge in [-0.1, -0.05) is 11.3 Å². The molecule has 1 aromatic carbocycles. The van der Waals surface area contributed by atoms with Gasteiger partial charge in [0, 0.05) is 13.3 Å². The van der Waals surface area contributed by atoms with Gasteiger partial charge in [0.25, 0.3) is 0 Å². The first kappa shape index (κ1) is 15.0. The molecule has 0 unspecified atom stereocenters. The van der Waals surface area contributed by atoms with Crippen LogP contribution in [-0.2, 0) is 17.9 Å². The van der Waals surface area contributed by atoms with E-state index < -0.39 is 0 Å². The Morgan fingerprint density at radius 2 is 2.17 bits per heavy atom. The molecule has 24 heavy (non-hydrogen) atoms. The number of hydrogen-bond acceptors (Lipinski definition) is 8.